The van der Waals surface area contributed by atoms with Crippen molar-refractivity contribution in [3.63, 3.8) is 0 Å². The molecular weight excluding hydrogens is 502 g/mol. The van der Waals surface area contributed by atoms with Crippen LogP contribution in [0.3, 0.4) is 0 Å². The smallest absolute Gasteiger partial charge is 0.0933 e. The normalized spacial score (nSPS) is 27.0. The van der Waals surface area contributed by atoms with Gasteiger partial charge >= 0.3 is 0 Å². The van der Waals surface area contributed by atoms with E-state index in [1.165, 1.54) is 11.1 Å². The second-order valence-electron chi connectivity index (χ2n) is 6.61. The molecule has 0 aromatic heterocycles. The van der Waals surface area contributed by atoms with Gasteiger partial charge in [-0.05, 0) is 47.2 Å². The molecule has 120 valence electrons. The molecule has 0 saturated heterocycles. The summed E-state index contributed by atoms with van der Waals surface area (Å²) < 4.78 is 0. The second-order valence-corrected chi connectivity index (χ2v) is 7.90. The van der Waals surface area contributed by atoms with Crippen molar-refractivity contribution in [2.75, 3.05) is 0 Å². The van der Waals surface area contributed by atoms with Crippen LogP contribution in [0, 0.1) is 0 Å². The summed E-state index contributed by atoms with van der Waals surface area (Å²) in [6, 6.07) is 16.7. The van der Waals surface area contributed by atoms with Gasteiger partial charge in [0.1, 0.15) is 0 Å². The third kappa shape index (κ3) is 2.52. The summed E-state index contributed by atoms with van der Waals surface area (Å²) in [4.78, 5) is -1.10. The minimum Gasteiger partial charge on any atom is -0.109 e. The Kier molecular flexibility index (Phi) is 4.75. The van der Waals surface area contributed by atoms with E-state index in [1.807, 2.05) is 0 Å². The molecule has 0 N–H and O–H groups in total. The summed E-state index contributed by atoms with van der Waals surface area (Å²) >= 11 is 14.3. The van der Waals surface area contributed by atoms with Gasteiger partial charge in [0.2, 0.25) is 0 Å². The zero-order chi connectivity index (χ0) is 16.2. The van der Waals surface area contributed by atoms with E-state index >= 15 is 0 Å². The first-order valence-corrected chi connectivity index (χ1v) is 8.65. The number of benzene rings is 2. The fourth-order valence-corrected chi connectivity index (χ4v) is 4.82. The summed E-state index contributed by atoms with van der Waals surface area (Å²) in [6.45, 7) is 4.21. The van der Waals surface area contributed by atoms with E-state index in [2.05, 4.69) is 74.5 Å². The van der Waals surface area contributed by atoms with Crippen molar-refractivity contribution in [3.05, 3.63) is 81.9 Å². The molecule has 0 spiro atoms. The van der Waals surface area contributed by atoms with E-state index in [9.17, 15) is 0 Å². The predicted molar refractivity (Wildman–Crippen MR) is 99.9 cm³/mol. The molecule has 2 aliphatic rings. The molecule has 0 aliphatic heterocycles. The van der Waals surface area contributed by atoms with Crippen molar-refractivity contribution in [1.82, 2.24) is 0 Å². The van der Waals surface area contributed by atoms with Crippen molar-refractivity contribution < 1.29 is 25.8 Å². The van der Waals surface area contributed by atoms with Crippen LogP contribution in [0.4, 0.5) is 0 Å². The van der Waals surface area contributed by atoms with Crippen LogP contribution in [0.5, 0.6) is 0 Å². The van der Waals surface area contributed by atoms with Gasteiger partial charge in [-0.25, -0.2) is 0 Å². The molecular formula is C21H18Cl2Hf. The Labute approximate surface area is 172 Å². The van der Waals surface area contributed by atoms with Crippen molar-refractivity contribution >= 4 is 35.4 Å². The maximum absolute atomic E-state index is 7.17. The van der Waals surface area contributed by atoms with E-state index in [-0.39, 0.29) is 25.8 Å². The summed E-state index contributed by atoms with van der Waals surface area (Å²) in [6.07, 6.45) is 5.02. The molecule has 24 heavy (non-hydrogen) atoms. The van der Waals surface area contributed by atoms with Crippen LogP contribution in [0.1, 0.15) is 42.5 Å². The first kappa shape index (κ1) is 18.2. The van der Waals surface area contributed by atoms with Gasteiger partial charge < -0.3 is 0 Å². The molecule has 2 aromatic carbocycles. The second kappa shape index (κ2) is 6.27. The molecule has 0 heterocycles. The van der Waals surface area contributed by atoms with Gasteiger partial charge in [-0.15, -0.1) is 23.2 Å². The molecule has 3 heteroatoms. The first-order chi connectivity index (χ1) is 10.9. The zero-order valence-corrected chi connectivity index (χ0v) is 18.8. The molecule has 0 bridgehead atoms. The van der Waals surface area contributed by atoms with Crippen molar-refractivity contribution in [1.29, 1.82) is 0 Å². The van der Waals surface area contributed by atoms with Crippen LogP contribution in [0.2, 0.25) is 0 Å². The fourth-order valence-electron chi connectivity index (χ4n) is 3.89. The zero-order valence-electron chi connectivity index (χ0n) is 13.7. The molecule has 2 aliphatic carbocycles. The van der Waals surface area contributed by atoms with Gasteiger partial charge in [-0.1, -0.05) is 60.7 Å². The quantitative estimate of drug-likeness (QED) is 0.315. The summed E-state index contributed by atoms with van der Waals surface area (Å²) in [5.74, 6) is 0. The van der Waals surface area contributed by atoms with Crippen LogP contribution in [-0.2, 0) is 35.6 Å². The number of hydrogen-bond donors (Lipinski definition) is 0. The molecule has 2 aromatic rings. The Bertz CT molecular complexity index is 796. The molecule has 0 fully saturated rings. The topological polar surface area (TPSA) is 0 Å². The molecule has 0 nitrogen and oxygen atoms in total. The maximum atomic E-state index is 7.17. The SMILES string of the molecule is CC1=Cc2ccccc2C1(Cl)CC1(Cl)C(C)=Cc2ccccc21.[Hf]. The van der Waals surface area contributed by atoms with E-state index in [1.54, 1.807) is 0 Å². The van der Waals surface area contributed by atoms with E-state index in [4.69, 9.17) is 23.2 Å². The summed E-state index contributed by atoms with van der Waals surface area (Å²) in [7, 11) is 0. The molecule has 0 amide bonds. The average Bonchev–Trinajstić information content (AvgIpc) is 2.93. The number of alkyl halides is 2. The van der Waals surface area contributed by atoms with Crippen LogP contribution < -0.4 is 0 Å². The van der Waals surface area contributed by atoms with Gasteiger partial charge in [0.25, 0.3) is 0 Å². The van der Waals surface area contributed by atoms with Crippen LogP contribution in [0.15, 0.2) is 59.7 Å². The Morgan fingerprint density at radius 1 is 0.708 bits per heavy atom. The van der Waals surface area contributed by atoms with E-state index < -0.39 is 9.75 Å². The van der Waals surface area contributed by atoms with Gasteiger partial charge in [-0.2, -0.15) is 0 Å². The fraction of sp³-hybridized carbons (Fsp3) is 0.238. The standard InChI is InChI=1S/C21H18Cl2.Hf/c1-14-11-16-7-3-5-9-18(16)20(14,22)13-21(23)15(2)12-17-8-4-6-10-19(17)21;/h3-12H,13H2,1-2H3;. The third-order valence-corrected chi connectivity index (χ3v) is 6.53. The summed E-state index contributed by atoms with van der Waals surface area (Å²) in [5, 5.41) is 0. The Hall–Kier alpha value is -0.630. The summed E-state index contributed by atoms with van der Waals surface area (Å²) in [5.41, 5.74) is 7.06. The van der Waals surface area contributed by atoms with Crippen molar-refractivity contribution in [2.45, 2.75) is 30.0 Å². The van der Waals surface area contributed by atoms with Gasteiger partial charge in [0.05, 0.1) is 9.75 Å². The number of fused-ring (bicyclic) bond motifs is 2. The number of rotatable bonds is 2. The average molecular weight is 520 g/mol. The Morgan fingerprint density at radius 3 is 1.50 bits per heavy atom. The van der Waals surface area contributed by atoms with Crippen molar-refractivity contribution in [2.24, 2.45) is 0 Å². The third-order valence-electron chi connectivity index (χ3n) is 5.26. The molecule has 0 radical (unpaired) electrons. The molecule has 2 unspecified atom stereocenters. The van der Waals surface area contributed by atoms with E-state index in [0.29, 0.717) is 6.42 Å². The van der Waals surface area contributed by atoms with Crippen LogP contribution in [0.25, 0.3) is 12.2 Å². The monoisotopic (exact) mass is 520 g/mol. The Morgan fingerprint density at radius 2 is 1.08 bits per heavy atom. The maximum Gasteiger partial charge on any atom is 0.0933 e. The van der Waals surface area contributed by atoms with E-state index in [0.717, 1.165) is 22.3 Å². The minimum atomic E-state index is -0.551. The predicted octanol–water partition coefficient (Wildman–Crippen LogP) is 6.48. The molecule has 2 atom stereocenters. The first-order valence-electron chi connectivity index (χ1n) is 7.89. The molecule has 4 rings (SSSR count). The number of allylic oxidation sites excluding steroid dienone is 2. The van der Waals surface area contributed by atoms with Crippen molar-refractivity contribution in [3.8, 4) is 0 Å². The van der Waals surface area contributed by atoms with Gasteiger partial charge in [0, 0.05) is 32.3 Å². The van der Waals surface area contributed by atoms with Crippen LogP contribution in [-0.4, -0.2) is 0 Å². The van der Waals surface area contributed by atoms with Gasteiger partial charge in [0.15, 0.2) is 0 Å². The van der Waals surface area contributed by atoms with Crippen LogP contribution >= 0.6 is 23.2 Å². The Balaban J connectivity index is 0.00000169. The molecule has 0 saturated carbocycles. The number of hydrogen-bond acceptors (Lipinski definition) is 0. The minimum absolute atomic E-state index is 0. The number of halogens is 2. The largest absolute Gasteiger partial charge is 0.109 e. The van der Waals surface area contributed by atoms with Gasteiger partial charge in [-0.3, -0.25) is 0 Å².